The molecule has 9 heteroatoms. The van der Waals surface area contributed by atoms with Crippen LogP contribution in [0, 0.1) is 11.8 Å². The highest BCUT2D eigenvalue weighted by Gasteiger charge is 2.27. The summed E-state index contributed by atoms with van der Waals surface area (Å²) in [5.74, 6) is -0.838. The number of primary amides is 1. The van der Waals surface area contributed by atoms with Crippen molar-refractivity contribution in [2.75, 3.05) is 13.6 Å². The van der Waals surface area contributed by atoms with Crippen molar-refractivity contribution in [2.24, 2.45) is 28.3 Å². The maximum atomic E-state index is 13.0. The van der Waals surface area contributed by atoms with Gasteiger partial charge in [-0.3, -0.25) is 19.4 Å². The van der Waals surface area contributed by atoms with Gasteiger partial charge in [0, 0.05) is 25.9 Å². The molecular formula is C23H38N6O3. The molecule has 0 aliphatic carbocycles. The molecule has 0 aliphatic heterocycles. The van der Waals surface area contributed by atoms with Gasteiger partial charge >= 0.3 is 0 Å². The minimum atomic E-state index is -0.876. The lowest BCUT2D eigenvalue weighted by Crippen LogP contribution is -2.54. The predicted molar refractivity (Wildman–Crippen MR) is 127 cm³/mol. The molecule has 0 bridgehead atoms. The first kappa shape index (κ1) is 26.9. The van der Waals surface area contributed by atoms with E-state index in [-0.39, 0.29) is 18.2 Å². The van der Waals surface area contributed by atoms with Gasteiger partial charge in [-0.1, -0.05) is 51.1 Å². The molecule has 1 rings (SSSR count). The standard InChI is InChI=1S/C23H38N6O3/c1-15(2)13-16(3)21(31)28-18(11-8-12-27-23(25)26-4)22(32)29-19(20(24)30)14-17-9-6-5-7-10-17/h5-7,9-10,15-16,18-19H,8,11-14H2,1-4H3,(H2,24,30)(H,28,31)(H,29,32)(H3,25,26,27)/t16-,18-,19-/m0/s1. The normalized spacial score (nSPS) is 14.3. The van der Waals surface area contributed by atoms with E-state index in [1.807, 2.05) is 51.1 Å². The highest BCUT2D eigenvalue weighted by Crippen LogP contribution is 2.12. The summed E-state index contributed by atoms with van der Waals surface area (Å²) in [6, 6.07) is 7.63. The van der Waals surface area contributed by atoms with Crippen molar-refractivity contribution in [1.82, 2.24) is 16.0 Å². The summed E-state index contributed by atoms with van der Waals surface area (Å²) < 4.78 is 0. The third-order valence-electron chi connectivity index (χ3n) is 5.06. The molecule has 0 unspecified atom stereocenters. The van der Waals surface area contributed by atoms with Gasteiger partial charge in [0.15, 0.2) is 5.96 Å². The number of benzene rings is 1. The largest absolute Gasteiger partial charge is 0.370 e. The predicted octanol–water partition coefficient (Wildman–Crippen LogP) is 0.681. The Bertz CT molecular complexity index is 766. The lowest BCUT2D eigenvalue weighted by atomic mass is 9.97. The zero-order valence-corrected chi connectivity index (χ0v) is 19.6. The second kappa shape index (κ2) is 14.1. The van der Waals surface area contributed by atoms with E-state index >= 15 is 0 Å². The number of amides is 3. The maximum absolute atomic E-state index is 13.0. The number of carbonyl (C=O) groups excluding carboxylic acids is 3. The molecular weight excluding hydrogens is 408 g/mol. The Morgan fingerprint density at radius 2 is 1.59 bits per heavy atom. The van der Waals surface area contributed by atoms with Gasteiger partial charge in [-0.2, -0.15) is 0 Å². The van der Waals surface area contributed by atoms with E-state index in [0.717, 1.165) is 5.56 Å². The van der Waals surface area contributed by atoms with Crippen molar-refractivity contribution in [3.05, 3.63) is 35.9 Å². The van der Waals surface area contributed by atoms with E-state index in [1.165, 1.54) is 0 Å². The van der Waals surface area contributed by atoms with Crippen LogP contribution in [0.1, 0.15) is 45.6 Å². The van der Waals surface area contributed by atoms with E-state index in [9.17, 15) is 14.4 Å². The Morgan fingerprint density at radius 1 is 0.969 bits per heavy atom. The Morgan fingerprint density at radius 3 is 2.16 bits per heavy atom. The van der Waals surface area contributed by atoms with E-state index in [2.05, 4.69) is 20.9 Å². The molecule has 0 spiro atoms. The number of nitrogens with one attached hydrogen (secondary N) is 3. The Hall–Kier alpha value is -3.10. The van der Waals surface area contributed by atoms with E-state index in [1.54, 1.807) is 7.05 Å². The Balaban J connectivity index is 2.85. The summed E-state index contributed by atoms with van der Waals surface area (Å²) >= 11 is 0. The second-order valence-corrected chi connectivity index (χ2v) is 8.42. The number of nitrogens with two attached hydrogens (primary N) is 2. The quantitative estimate of drug-likeness (QED) is 0.171. The summed E-state index contributed by atoms with van der Waals surface area (Å²) in [4.78, 5) is 41.5. The number of nitrogens with zero attached hydrogens (tertiary/aromatic N) is 1. The average molecular weight is 447 g/mol. The molecule has 178 valence electrons. The van der Waals surface area contributed by atoms with Crippen molar-refractivity contribution < 1.29 is 14.4 Å². The number of carbonyl (C=O) groups is 3. The number of hydrogen-bond acceptors (Lipinski definition) is 4. The topological polar surface area (TPSA) is 152 Å². The molecule has 0 saturated carbocycles. The number of guanidine groups is 1. The summed E-state index contributed by atoms with van der Waals surface area (Å²) in [5, 5.41) is 8.48. The maximum Gasteiger partial charge on any atom is 0.243 e. The van der Waals surface area contributed by atoms with Crippen LogP contribution in [0.2, 0.25) is 0 Å². The first-order valence-electron chi connectivity index (χ1n) is 11.0. The minimum absolute atomic E-state index is 0.194. The average Bonchev–Trinajstić information content (AvgIpc) is 2.74. The monoisotopic (exact) mass is 446 g/mol. The highest BCUT2D eigenvalue weighted by molar-refractivity contribution is 5.92. The third-order valence-corrected chi connectivity index (χ3v) is 5.06. The van der Waals surface area contributed by atoms with E-state index < -0.39 is 23.9 Å². The van der Waals surface area contributed by atoms with Gasteiger partial charge in [0.2, 0.25) is 17.7 Å². The van der Waals surface area contributed by atoms with Crippen LogP contribution in [0.5, 0.6) is 0 Å². The van der Waals surface area contributed by atoms with Gasteiger partial charge in [0.25, 0.3) is 0 Å². The molecule has 0 saturated heterocycles. The molecule has 1 aromatic carbocycles. The van der Waals surface area contributed by atoms with Crippen LogP contribution < -0.4 is 27.4 Å². The van der Waals surface area contributed by atoms with Gasteiger partial charge in [0.05, 0.1) is 0 Å². The first-order valence-corrected chi connectivity index (χ1v) is 11.0. The number of rotatable bonds is 13. The number of hydrogen-bond donors (Lipinski definition) is 5. The fourth-order valence-corrected chi connectivity index (χ4v) is 3.34. The zero-order valence-electron chi connectivity index (χ0n) is 19.6. The molecule has 7 N–H and O–H groups in total. The summed E-state index contributed by atoms with van der Waals surface area (Å²) in [6.07, 6.45) is 1.92. The minimum Gasteiger partial charge on any atom is -0.370 e. The molecule has 0 aliphatic rings. The Labute approximate surface area is 190 Å². The van der Waals surface area contributed by atoms with Gasteiger partial charge < -0.3 is 27.4 Å². The van der Waals surface area contributed by atoms with Crippen molar-refractivity contribution in [1.29, 1.82) is 0 Å². The molecule has 0 heterocycles. The molecule has 0 aromatic heterocycles. The molecule has 0 radical (unpaired) electrons. The van der Waals surface area contributed by atoms with Crippen LogP contribution in [0.15, 0.2) is 35.3 Å². The molecule has 9 nitrogen and oxygen atoms in total. The third kappa shape index (κ3) is 10.3. The van der Waals surface area contributed by atoms with Crippen molar-refractivity contribution in [3.63, 3.8) is 0 Å². The SMILES string of the molecule is CN=C(N)NCCC[C@H](NC(=O)[C@@H](C)CC(C)C)C(=O)N[C@@H](Cc1ccccc1)C(N)=O. The molecule has 1 aromatic rings. The van der Waals surface area contributed by atoms with Crippen molar-refractivity contribution >= 4 is 23.7 Å². The fourth-order valence-electron chi connectivity index (χ4n) is 3.34. The Kier molecular flexibility index (Phi) is 11.8. The molecule has 3 amide bonds. The summed E-state index contributed by atoms with van der Waals surface area (Å²) in [5.41, 5.74) is 12.0. The molecule has 3 atom stereocenters. The van der Waals surface area contributed by atoms with Crippen molar-refractivity contribution in [2.45, 2.75) is 58.5 Å². The van der Waals surface area contributed by atoms with E-state index in [0.29, 0.717) is 37.7 Å². The van der Waals surface area contributed by atoms with Crippen LogP contribution in [0.25, 0.3) is 0 Å². The first-order chi connectivity index (χ1) is 15.1. The zero-order chi connectivity index (χ0) is 24.1. The summed E-state index contributed by atoms with van der Waals surface area (Å²) in [7, 11) is 1.58. The van der Waals surface area contributed by atoms with Crippen molar-refractivity contribution in [3.8, 4) is 0 Å². The fraction of sp³-hybridized carbons (Fsp3) is 0.565. The van der Waals surface area contributed by atoms with Crippen LogP contribution in [-0.4, -0.2) is 49.4 Å². The van der Waals surface area contributed by atoms with Gasteiger partial charge in [0.1, 0.15) is 12.1 Å². The molecule has 32 heavy (non-hydrogen) atoms. The second-order valence-electron chi connectivity index (χ2n) is 8.42. The highest BCUT2D eigenvalue weighted by atomic mass is 16.2. The van der Waals surface area contributed by atoms with Gasteiger partial charge in [-0.15, -0.1) is 0 Å². The lowest BCUT2D eigenvalue weighted by Gasteiger charge is -2.24. The smallest absolute Gasteiger partial charge is 0.243 e. The summed E-state index contributed by atoms with van der Waals surface area (Å²) in [6.45, 7) is 6.42. The van der Waals surface area contributed by atoms with Gasteiger partial charge in [-0.25, -0.2) is 0 Å². The van der Waals surface area contributed by atoms with Crippen LogP contribution in [0.4, 0.5) is 0 Å². The number of aliphatic imine (C=N–C) groups is 1. The van der Waals surface area contributed by atoms with Crippen LogP contribution in [-0.2, 0) is 20.8 Å². The lowest BCUT2D eigenvalue weighted by molar-refractivity contribution is -0.132. The molecule has 0 fully saturated rings. The van der Waals surface area contributed by atoms with Crippen LogP contribution >= 0.6 is 0 Å². The van der Waals surface area contributed by atoms with E-state index in [4.69, 9.17) is 11.5 Å². The van der Waals surface area contributed by atoms with Gasteiger partial charge in [-0.05, 0) is 30.7 Å². The van der Waals surface area contributed by atoms with Crippen LogP contribution in [0.3, 0.4) is 0 Å².